The van der Waals surface area contributed by atoms with E-state index >= 15 is 0 Å². The van der Waals surface area contributed by atoms with E-state index < -0.39 is 0 Å². The average molecular weight is 560 g/mol. The lowest BCUT2D eigenvalue weighted by molar-refractivity contribution is 0.373. The molecule has 8 bridgehead atoms. The molecule has 0 amide bonds. The molecule has 0 atom stereocenters. The van der Waals surface area contributed by atoms with Crippen LogP contribution in [0.4, 0.5) is 0 Å². The number of H-pyrrole nitrogens is 4. The Kier molecular flexibility index (Phi) is 9.14. The van der Waals surface area contributed by atoms with Crippen molar-refractivity contribution in [1.29, 1.82) is 0 Å². The van der Waals surface area contributed by atoms with Gasteiger partial charge in [0.1, 0.15) is 0 Å². The zero-order valence-electron chi connectivity index (χ0n) is 25.0. The van der Waals surface area contributed by atoms with Gasteiger partial charge in [-0.15, -0.1) is 0 Å². The van der Waals surface area contributed by atoms with E-state index in [1.54, 1.807) is 0 Å². The van der Waals surface area contributed by atoms with E-state index in [2.05, 4.69) is 117 Å². The highest BCUT2D eigenvalue weighted by Crippen LogP contribution is 2.26. The molecule has 5 nitrogen and oxygen atoms in total. The smallest absolute Gasteiger partial charge is 0.0500 e. The zero-order chi connectivity index (χ0) is 28.6. The van der Waals surface area contributed by atoms with Crippen molar-refractivity contribution >= 4 is 23.8 Å². The van der Waals surface area contributed by atoms with E-state index in [9.17, 15) is 0 Å². The maximum atomic E-state index is 3.72. The van der Waals surface area contributed by atoms with E-state index in [1.807, 2.05) is 0 Å². The van der Waals surface area contributed by atoms with Crippen molar-refractivity contribution in [2.45, 2.75) is 71.1 Å². The van der Waals surface area contributed by atoms with E-state index in [-0.39, 0.29) is 0 Å². The number of fused-ring (bicyclic) bond motifs is 8. The molecule has 4 N–H and O–H groups in total. The lowest BCUT2D eigenvalue weighted by atomic mass is 10.0. The monoisotopic (exact) mass is 559 g/mol. The molecular weight excluding hydrogens is 514 g/mol. The minimum absolute atomic E-state index is 0.944. The second kappa shape index (κ2) is 13.7. The molecule has 2 aliphatic heterocycles. The van der Waals surface area contributed by atoms with Crippen LogP contribution in [-0.4, -0.2) is 37.9 Å². The molecule has 0 aromatic carbocycles. The van der Waals surface area contributed by atoms with Crippen molar-refractivity contribution < 1.29 is 0 Å². The lowest BCUT2D eigenvalue weighted by Crippen LogP contribution is -2.30. The summed E-state index contributed by atoms with van der Waals surface area (Å²) in [5.41, 5.74) is 6.84. The van der Waals surface area contributed by atoms with Crippen LogP contribution < -0.4 is 21.4 Å². The number of rotatable bonds is 12. The van der Waals surface area contributed by atoms with Crippen LogP contribution in [-0.2, 0) is 0 Å². The third-order valence-electron chi connectivity index (χ3n) is 8.45. The van der Waals surface area contributed by atoms with Gasteiger partial charge in [0.05, 0.1) is 11.0 Å². The lowest BCUT2D eigenvalue weighted by Gasteiger charge is -2.29. The summed E-state index contributed by atoms with van der Waals surface area (Å²) in [6.07, 6.45) is 26.8. The van der Waals surface area contributed by atoms with E-state index in [4.69, 9.17) is 0 Å². The Morgan fingerprint density at radius 3 is 1.90 bits per heavy atom. The fourth-order valence-electron chi connectivity index (χ4n) is 6.20. The number of hydrogen-bond acceptors (Lipinski definition) is 1. The van der Waals surface area contributed by atoms with E-state index in [0.29, 0.717) is 0 Å². The van der Waals surface area contributed by atoms with Crippen LogP contribution in [0, 0.1) is 0 Å². The summed E-state index contributed by atoms with van der Waals surface area (Å²) in [7, 11) is 0. The van der Waals surface area contributed by atoms with E-state index in [0.717, 1.165) is 57.3 Å². The molecule has 0 fully saturated rings. The molecular formula is C37H45N5. The van der Waals surface area contributed by atoms with Gasteiger partial charge in [0.15, 0.2) is 0 Å². The Hall–Kier alpha value is -4.12. The summed E-state index contributed by atoms with van der Waals surface area (Å²) in [5.74, 6) is 0. The molecule has 0 aliphatic carbocycles. The second-order valence-electron chi connectivity index (χ2n) is 11.8. The normalized spacial score (nSPS) is 14.4. The van der Waals surface area contributed by atoms with Gasteiger partial charge in [0.25, 0.3) is 0 Å². The molecule has 0 radical (unpaired) electrons. The van der Waals surface area contributed by atoms with Crippen LogP contribution in [0.25, 0.3) is 23.8 Å². The number of aromatic nitrogens is 4. The third kappa shape index (κ3) is 7.02. The Bertz CT molecular complexity index is 1770. The van der Waals surface area contributed by atoms with Crippen LogP contribution in [0.5, 0.6) is 0 Å². The van der Waals surface area contributed by atoms with Gasteiger partial charge in [-0.25, -0.2) is 0 Å². The van der Waals surface area contributed by atoms with Crippen molar-refractivity contribution in [3.63, 3.8) is 0 Å². The first-order valence-electron chi connectivity index (χ1n) is 16.1. The molecule has 0 saturated heterocycles. The molecule has 4 aromatic rings. The minimum Gasteiger partial charge on any atom is -0.367 e. The van der Waals surface area contributed by atoms with Crippen molar-refractivity contribution in [3.05, 3.63) is 117 Å². The maximum absolute atomic E-state index is 3.72. The molecule has 2 aliphatic rings. The predicted octanol–water partition coefficient (Wildman–Crippen LogP) is 5.67. The quantitative estimate of drug-likeness (QED) is 0.166. The maximum Gasteiger partial charge on any atom is 0.0500 e. The minimum atomic E-state index is 0.944. The van der Waals surface area contributed by atoms with Gasteiger partial charge in [-0.2, -0.15) is 0 Å². The van der Waals surface area contributed by atoms with Gasteiger partial charge in [-0.1, -0.05) is 76.9 Å². The van der Waals surface area contributed by atoms with Crippen molar-refractivity contribution in [2.24, 2.45) is 0 Å². The average Bonchev–Trinajstić information content (AvgIpc) is 3.81. The summed E-state index contributed by atoms with van der Waals surface area (Å²) >= 11 is 0. The highest BCUT2D eigenvalue weighted by atomic mass is 15.1. The fourth-order valence-corrected chi connectivity index (χ4v) is 6.20. The number of allylic oxidation sites excluding steroid dienone is 3. The molecule has 0 unspecified atom stereocenters. The van der Waals surface area contributed by atoms with Crippen LogP contribution in [0.1, 0.15) is 93.9 Å². The fraction of sp³-hybridized carbons (Fsp3) is 0.351. The summed E-state index contributed by atoms with van der Waals surface area (Å²) < 4.78 is 0. The van der Waals surface area contributed by atoms with Gasteiger partial charge in [-0.05, 0) is 79.3 Å². The van der Waals surface area contributed by atoms with Crippen molar-refractivity contribution in [1.82, 2.24) is 24.8 Å². The molecule has 6 rings (SSSR count). The molecule has 218 valence electrons. The number of nitrogens with zero attached hydrogens (tertiary/aromatic N) is 1. The van der Waals surface area contributed by atoms with Crippen LogP contribution >= 0.6 is 0 Å². The Balaban J connectivity index is 1.26. The first-order valence-corrected chi connectivity index (χ1v) is 16.1. The summed E-state index contributed by atoms with van der Waals surface area (Å²) in [4.78, 5) is 17.0. The highest BCUT2D eigenvalue weighted by Gasteiger charge is 2.19. The van der Waals surface area contributed by atoms with Crippen LogP contribution in [0.15, 0.2) is 72.5 Å². The van der Waals surface area contributed by atoms with Crippen LogP contribution in [0.2, 0.25) is 0 Å². The zero-order valence-corrected chi connectivity index (χ0v) is 25.0. The third-order valence-corrected chi connectivity index (χ3v) is 8.45. The molecule has 5 heteroatoms. The predicted molar refractivity (Wildman–Crippen MR) is 176 cm³/mol. The van der Waals surface area contributed by atoms with Crippen LogP contribution in [0.3, 0.4) is 0 Å². The van der Waals surface area contributed by atoms with Gasteiger partial charge in [-0.3, -0.25) is 0 Å². The number of nitrogens with one attached hydrogen (secondary N) is 4. The Morgan fingerprint density at radius 1 is 0.595 bits per heavy atom. The number of hydrogen-bond donors (Lipinski definition) is 4. The Morgan fingerprint density at radius 2 is 1.19 bits per heavy atom. The van der Waals surface area contributed by atoms with Crippen molar-refractivity contribution in [3.8, 4) is 0 Å². The highest BCUT2D eigenvalue weighted by molar-refractivity contribution is 5.77. The summed E-state index contributed by atoms with van der Waals surface area (Å²) in [5, 5.41) is 4.35. The van der Waals surface area contributed by atoms with Gasteiger partial charge < -0.3 is 24.8 Å². The van der Waals surface area contributed by atoms with Gasteiger partial charge in [0.2, 0.25) is 0 Å². The first-order chi connectivity index (χ1) is 20.7. The number of aromatic amines is 4. The molecule has 0 saturated carbocycles. The first kappa shape index (κ1) is 28.0. The Labute approximate surface area is 249 Å². The van der Waals surface area contributed by atoms with Gasteiger partial charge in [0, 0.05) is 57.5 Å². The SMILES string of the molecule is CCCCCCCCCCCCN1CC=CC=C1C1=c2ccc([nH]2)=Cc2ccc([nH]2)C=c2ccc([nH]2)=Cc2ccc1[nH]2. The second-order valence-corrected chi connectivity index (χ2v) is 11.8. The summed E-state index contributed by atoms with van der Waals surface area (Å²) in [6, 6.07) is 17.3. The number of unbranched alkanes of at least 4 members (excludes halogenated alkanes) is 9. The summed E-state index contributed by atoms with van der Waals surface area (Å²) in [6.45, 7) is 4.31. The van der Waals surface area contributed by atoms with Crippen molar-refractivity contribution in [2.75, 3.05) is 13.1 Å². The van der Waals surface area contributed by atoms with Gasteiger partial charge >= 0.3 is 0 Å². The van der Waals surface area contributed by atoms with E-state index in [1.165, 1.54) is 75.5 Å². The molecule has 4 aromatic heterocycles. The molecule has 6 heterocycles. The molecule has 0 spiro atoms. The largest absolute Gasteiger partial charge is 0.367 e. The molecule has 42 heavy (non-hydrogen) atoms. The standard InChI is InChI=1S/C37H45N5/c1-2-3-4-5-6-7-8-9-10-12-23-42-24-13-11-14-36(42)37-34-21-19-32(40-34)26-30-17-15-28(38-30)25-29-16-18-31(39-29)27-33-20-22-35(37)41-33/h11,13-22,25-27,38-41H,2-10,12,23-24H2,1H3. The topological polar surface area (TPSA) is 66.4 Å².